The molecule has 3 heteroatoms. The Morgan fingerprint density at radius 1 is 1.04 bits per heavy atom. The van der Waals surface area contributed by atoms with Crippen LogP contribution in [-0.2, 0) is 4.79 Å². The van der Waals surface area contributed by atoms with Gasteiger partial charge in [0.15, 0.2) is 0 Å². The summed E-state index contributed by atoms with van der Waals surface area (Å²) in [5.74, 6) is 3.68. The van der Waals surface area contributed by atoms with Crippen molar-refractivity contribution in [3.05, 3.63) is 0 Å². The molecule has 0 aromatic rings. The number of likely N-dealkylation sites (tertiary alicyclic amines) is 2. The Bertz CT molecular complexity index is 359. The van der Waals surface area contributed by atoms with E-state index in [4.69, 9.17) is 0 Å². The molecule has 0 N–H and O–H groups in total. The van der Waals surface area contributed by atoms with E-state index in [2.05, 4.69) is 37.5 Å². The van der Waals surface area contributed by atoms with Gasteiger partial charge in [0.2, 0.25) is 5.91 Å². The molecule has 2 saturated heterocycles. The third-order valence-corrected chi connectivity index (χ3v) is 5.87. The van der Waals surface area contributed by atoms with Crippen LogP contribution in [0.3, 0.4) is 0 Å². The summed E-state index contributed by atoms with van der Waals surface area (Å²) in [6.45, 7) is 14.9. The minimum Gasteiger partial charge on any atom is -0.343 e. The molecule has 0 aromatic carbocycles. The van der Waals surface area contributed by atoms with Crippen molar-refractivity contribution >= 4 is 5.91 Å². The smallest absolute Gasteiger partial charge is 0.222 e. The average Bonchev–Trinajstić information content (AvgIpc) is 2.93. The maximum atomic E-state index is 12.4. The number of rotatable bonds is 7. The number of carbonyl (C=O) groups excluding carboxylic acids is 1. The monoisotopic (exact) mass is 322 g/mol. The number of amides is 1. The first-order chi connectivity index (χ1) is 11.0. The summed E-state index contributed by atoms with van der Waals surface area (Å²) in [5.41, 5.74) is 0. The Hall–Kier alpha value is -0.570. The molecule has 134 valence electrons. The van der Waals surface area contributed by atoms with Crippen molar-refractivity contribution in [1.29, 1.82) is 0 Å². The molecule has 2 aliphatic heterocycles. The highest BCUT2D eigenvalue weighted by Gasteiger charge is 2.25. The van der Waals surface area contributed by atoms with Crippen LogP contribution >= 0.6 is 0 Å². The van der Waals surface area contributed by atoms with Gasteiger partial charge in [-0.05, 0) is 68.9 Å². The first-order valence-corrected chi connectivity index (χ1v) is 9.95. The first-order valence-electron chi connectivity index (χ1n) is 9.95. The molecule has 0 saturated carbocycles. The zero-order valence-corrected chi connectivity index (χ0v) is 15.9. The fourth-order valence-electron chi connectivity index (χ4n) is 4.40. The number of piperidine rings is 1. The van der Waals surface area contributed by atoms with E-state index in [1.165, 1.54) is 38.8 Å². The van der Waals surface area contributed by atoms with Gasteiger partial charge in [0.05, 0.1) is 0 Å². The third-order valence-electron chi connectivity index (χ3n) is 5.87. The molecule has 23 heavy (non-hydrogen) atoms. The summed E-state index contributed by atoms with van der Waals surface area (Å²) < 4.78 is 0. The molecule has 0 aromatic heterocycles. The van der Waals surface area contributed by atoms with Gasteiger partial charge in [0.25, 0.3) is 0 Å². The molecular weight excluding hydrogens is 284 g/mol. The predicted molar refractivity (Wildman–Crippen MR) is 97.4 cm³/mol. The van der Waals surface area contributed by atoms with Crippen molar-refractivity contribution in [1.82, 2.24) is 9.80 Å². The molecule has 0 aliphatic carbocycles. The second kappa shape index (κ2) is 9.05. The maximum absolute atomic E-state index is 12.4. The molecular formula is C20H38N2O. The number of nitrogens with zero attached hydrogens (tertiary/aromatic N) is 2. The Morgan fingerprint density at radius 2 is 1.74 bits per heavy atom. The fourth-order valence-corrected chi connectivity index (χ4v) is 4.40. The molecule has 2 heterocycles. The highest BCUT2D eigenvalue weighted by molar-refractivity contribution is 5.76. The largest absolute Gasteiger partial charge is 0.343 e. The predicted octanol–water partition coefficient (Wildman–Crippen LogP) is 4.03. The molecule has 0 spiro atoms. The molecule has 0 radical (unpaired) electrons. The highest BCUT2D eigenvalue weighted by Crippen LogP contribution is 2.25. The molecule has 2 rings (SSSR count). The van der Waals surface area contributed by atoms with Crippen molar-refractivity contribution in [2.24, 2.45) is 23.7 Å². The van der Waals surface area contributed by atoms with Crippen molar-refractivity contribution in [3.8, 4) is 0 Å². The SMILES string of the molecule is CC(C)C[C@@H]1CCN(CCCC(=O)N2CCC(C(C)C)CC2)C1. The number of hydrogen-bond donors (Lipinski definition) is 0. The van der Waals surface area contributed by atoms with E-state index >= 15 is 0 Å². The maximum Gasteiger partial charge on any atom is 0.222 e. The quantitative estimate of drug-likeness (QED) is 0.706. The fraction of sp³-hybridized carbons (Fsp3) is 0.950. The van der Waals surface area contributed by atoms with Crippen molar-refractivity contribution in [2.75, 3.05) is 32.7 Å². The minimum atomic E-state index is 0.394. The summed E-state index contributed by atoms with van der Waals surface area (Å²) >= 11 is 0. The lowest BCUT2D eigenvalue weighted by molar-refractivity contribution is -0.132. The highest BCUT2D eigenvalue weighted by atomic mass is 16.2. The molecule has 0 bridgehead atoms. The van der Waals surface area contributed by atoms with Crippen LogP contribution in [0.4, 0.5) is 0 Å². The minimum absolute atomic E-state index is 0.394. The van der Waals surface area contributed by atoms with E-state index < -0.39 is 0 Å². The summed E-state index contributed by atoms with van der Waals surface area (Å²) in [5, 5.41) is 0. The van der Waals surface area contributed by atoms with Gasteiger partial charge >= 0.3 is 0 Å². The standard InChI is InChI=1S/C20H38N2O/c1-16(2)14-18-7-11-21(15-18)10-5-6-20(23)22-12-8-19(9-13-22)17(3)4/h16-19H,5-15H2,1-4H3/t18-/m0/s1. The zero-order chi connectivity index (χ0) is 16.8. The van der Waals surface area contributed by atoms with Crippen LogP contribution in [0.25, 0.3) is 0 Å². The van der Waals surface area contributed by atoms with Crippen LogP contribution in [0, 0.1) is 23.7 Å². The van der Waals surface area contributed by atoms with E-state index in [-0.39, 0.29) is 0 Å². The van der Waals surface area contributed by atoms with Crippen molar-refractivity contribution < 1.29 is 4.79 Å². The lowest BCUT2D eigenvalue weighted by atomic mass is 9.86. The van der Waals surface area contributed by atoms with Gasteiger partial charge in [-0.2, -0.15) is 0 Å². The second-order valence-corrected chi connectivity index (χ2v) is 8.65. The van der Waals surface area contributed by atoms with Gasteiger partial charge in [-0.3, -0.25) is 4.79 Å². The molecule has 2 aliphatic rings. The first kappa shape index (κ1) is 18.8. The Kier molecular flexibility index (Phi) is 7.39. The number of carbonyl (C=O) groups is 1. The van der Waals surface area contributed by atoms with Crippen LogP contribution in [-0.4, -0.2) is 48.4 Å². The van der Waals surface area contributed by atoms with Crippen LogP contribution in [0.5, 0.6) is 0 Å². The van der Waals surface area contributed by atoms with Gasteiger partial charge in [0.1, 0.15) is 0 Å². The van der Waals surface area contributed by atoms with E-state index in [1.807, 2.05) is 0 Å². The average molecular weight is 323 g/mol. The third kappa shape index (κ3) is 6.10. The van der Waals surface area contributed by atoms with Gasteiger partial charge < -0.3 is 9.80 Å². The van der Waals surface area contributed by atoms with Gasteiger partial charge in [0, 0.05) is 26.1 Å². The lowest BCUT2D eigenvalue weighted by Crippen LogP contribution is -2.39. The van der Waals surface area contributed by atoms with E-state index in [0.29, 0.717) is 5.91 Å². The second-order valence-electron chi connectivity index (χ2n) is 8.65. The molecule has 0 unspecified atom stereocenters. The van der Waals surface area contributed by atoms with Gasteiger partial charge in [-0.25, -0.2) is 0 Å². The lowest BCUT2D eigenvalue weighted by Gasteiger charge is -2.34. The molecule has 2 fully saturated rings. The van der Waals surface area contributed by atoms with E-state index in [9.17, 15) is 4.79 Å². The van der Waals surface area contributed by atoms with Crippen LogP contribution in [0.1, 0.15) is 66.2 Å². The number of hydrogen-bond acceptors (Lipinski definition) is 2. The van der Waals surface area contributed by atoms with Gasteiger partial charge in [-0.15, -0.1) is 0 Å². The Balaban J connectivity index is 1.59. The summed E-state index contributed by atoms with van der Waals surface area (Å²) in [6.07, 6.45) is 6.91. The topological polar surface area (TPSA) is 23.6 Å². The Morgan fingerprint density at radius 3 is 2.35 bits per heavy atom. The zero-order valence-electron chi connectivity index (χ0n) is 15.9. The normalized spacial score (nSPS) is 24.1. The molecule has 1 atom stereocenters. The van der Waals surface area contributed by atoms with Crippen LogP contribution in [0.15, 0.2) is 0 Å². The van der Waals surface area contributed by atoms with Crippen LogP contribution in [0.2, 0.25) is 0 Å². The molecule has 3 nitrogen and oxygen atoms in total. The van der Waals surface area contributed by atoms with E-state index in [0.717, 1.165) is 56.1 Å². The van der Waals surface area contributed by atoms with Gasteiger partial charge in [-0.1, -0.05) is 27.7 Å². The summed E-state index contributed by atoms with van der Waals surface area (Å²) in [4.78, 5) is 17.1. The Labute approximate surface area is 143 Å². The molecule has 1 amide bonds. The van der Waals surface area contributed by atoms with E-state index in [1.54, 1.807) is 0 Å². The van der Waals surface area contributed by atoms with Crippen molar-refractivity contribution in [2.45, 2.75) is 66.2 Å². The van der Waals surface area contributed by atoms with Crippen LogP contribution < -0.4 is 0 Å². The van der Waals surface area contributed by atoms with Crippen molar-refractivity contribution in [3.63, 3.8) is 0 Å². The summed E-state index contributed by atoms with van der Waals surface area (Å²) in [6, 6.07) is 0. The summed E-state index contributed by atoms with van der Waals surface area (Å²) in [7, 11) is 0.